The summed E-state index contributed by atoms with van der Waals surface area (Å²) in [6, 6.07) is -0.348. The van der Waals surface area contributed by atoms with Crippen molar-refractivity contribution < 1.29 is 4.74 Å². The first-order chi connectivity index (χ1) is 5.88. The van der Waals surface area contributed by atoms with Crippen LogP contribution >= 0.6 is 0 Å². The lowest BCUT2D eigenvalue weighted by molar-refractivity contribution is 0.00653. The molecule has 0 aromatic carbocycles. The molecule has 64 valence electrons. The topological polar surface area (TPSA) is 107 Å². The normalized spacial score (nSPS) is 28.3. The first-order valence-corrected chi connectivity index (χ1v) is 3.58. The largest absolute Gasteiger partial charge is 0.372 e. The highest BCUT2D eigenvalue weighted by Crippen LogP contribution is 2.18. The molecule has 1 rings (SSSR count). The SMILES string of the molecule is [N-]=[N+]=N[C@H]1CCCO[C@@H]1N=[N+]=[N-]. The quantitative estimate of drug-likeness (QED) is 0.351. The van der Waals surface area contributed by atoms with Gasteiger partial charge in [-0.1, -0.05) is 10.2 Å². The molecule has 0 aliphatic carbocycles. The predicted octanol–water partition coefficient (Wildman–Crippen LogP) is 2.11. The van der Waals surface area contributed by atoms with Crippen LogP contribution in [0.25, 0.3) is 20.9 Å². The van der Waals surface area contributed by atoms with E-state index in [-0.39, 0.29) is 6.04 Å². The van der Waals surface area contributed by atoms with Crippen molar-refractivity contribution in [2.24, 2.45) is 10.2 Å². The first kappa shape index (κ1) is 8.67. The van der Waals surface area contributed by atoms with E-state index in [1.54, 1.807) is 0 Å². The highest BCUT2D eigenvalue weighted by Gasteiger charge is 2.23. The zero-order chi connectivity index (χ0) is 8.81. The molecule has 0 aromatic rings. The summed E-state index contributed by atoms with van der Waals surface area (Å²) < 4.78 is 5.10. The van der Waals surface area contributed by atoms with Crippen LogP contribution in [0.15, 0.2) is 10.2 Å². The van der Waals surface area contributed by atoms with E-state index in [1.807, 2.05) is 0 Å². The second-order valence-corrected chi connectivity index (χ2v) is 2.38. The van der Waals surface area contributed by atoms with Crippen molar-refractivity contribution in [1.29, 1.82) is 0 Å². The summed E-state index contributed by atoms with van der Waals surface area (Å²) in [4.78, 5) is 5.26. The zero-order valence-electron chi connectivity index (χ0n) is 6.37. The Hall–Kier alpha value is -1.42. The number of hydrogen-bond acceptors (Lipinski definition) is 3. The molecule has 0 unspecified atom stereocenters. The molecular weight excluding hydrogens is 160 g/mol. The van der Waals surface area contributed by atoms with Gasteiger partial charge in [-0.2, -0.15) is 0 Å². The maximum atomic E-state index is 8.17. The summed E-state index contributed by atoms with van der Waals surface area (Å²) in [6.45, 7) is 0.557. The minimum Gasteiger partial charge on any atom is -0.372 e. The molecule has 7 nitrogen and oxygen atoms in total. The van der Waals surface area contributed by atoms with Crippen LogP contribution in [0, 0.1) is 0 Å². The van der Waals surface area contributed by atoms with Crippen LogP contribution in [0.2, 0.25) is 0 Å². The Kier molecular flexibility index (Phi) is 3.22. The molecule has 1 heterocycles. The van der Waals surface area contributed by atoms with Crippen LogP contribution in [0.3, 0.4) is 0 Å². The average Bonchev–Trinajstić information content (AvgIpc) is 2.09. The second kappa shape index (κ2) is 4.46. The Morgan fingerprint density at radius 1 is 1.25 bits per heavy atom. The molecule has 1 aliphatic heterocycles. The molecule has 0 radical (unpaired) electrons. The van der Waals surface area contributed by atoms with Gasteiger partial charge in [0.15, 0.2) is 0 Å². The maximum absolute atomic E-state index is 8.17. The third kappa shape index (κ3) is 2.03. The highest BCUT2D eigenvalue weighted by atomic mass is 16.5. The zero-order valence-corrected chi connectivity index (χ0v) is 6.37. The predicted molar refractivity (Wildman–Crippen MR) is 41.1 cm³/mol. The Labute approximate surface area is 68.6 Å². The molecule has 7 heteroatoms. The van der Waals surface area contributed by atoms with Gasteiger partial charge in [0.05, 0.1) is 6.04 Å². The van der Waals surface area contributed by atoms with Gasteiger partial charge in [-0.15, -0.1) is 0 Å². The number of hydrogen-bond donors (Lipinski definition) is 0. The third-order valence-corrected chi connectivity index (χ3v) is 1.63. The van der Waals surface area contributed by atoms with E-state index in [0.717, 1.165) is 6.42 Å². The first-order valence-electron chi connectivity index (χ1n) is 3.58. The van der Waals surface area contributed by atoms with Crippen LogP contribution in [0.4, 0.5) is 0 Å². The van der Waals surface area contributed by atoms with E-state index >= 15 is 0 Å². The van der Waals surface area contributed by atoms with Crippen molar-refractivity contribution in [3.05, 3.63) is 20.9 Å². The van der Waals surface area contributed by atoms with Gasteiger partial charge in [-0.25, -0.2) is 0 Å². The van der Waals surface area contributed by atoms with Crippen molar-refractivity contribution in [1.82, 2.24) is 0 Å². The number of ether oxygens (including phenoxy) is 1. The van der Waals surface area contributed by atoms with E-state index in [9.17, 15) is 0 Å². The molecule has 0 amide bonds. The second-order valence-electron chi connectivity index (χ2n) is 2.38. The summed E-state index contributed by atoms with van der Waals surface area (Å²) in [5.41, 5.74) is 16.3. The molecular formula is C5H8N6O. The smallest absolute Gasteiger partial charge is 0.144 e. The van der Waals surface area contributed by atoms with E-state index in [1.165, 1.54) is 0 Å². The fourth-order valence-electron chi connectivity index (χ4n) is 1.09. The lowest BCUT2D eigenvalue weighted by atomic mass is 10.1. The lowest BCUT2D eigenvalue weighted by Crippen LogP contribution is -2.30. The molecule has 0 saturated carbocycles. The number of rotatable bonds is 2. The van der Waals surface area contributed by atoms with Gasteiger partial charge in [-0.05, 0) is 23.9 Å². The third-order valence-electron chi connectivity index (χ3n) is 1.63. The Bertz CT molecular complexity index is 214. The molecule has 0 bridgehead atoms. The van der Waals surface area contributed by atoms with Gasteiger partial charge >= 0.3 is 0 Å². The maximum Gasteiger partial charge on any atom is 0.144 e. The van der Waals surface area contributed by atoms with E-state index in [4.69, 9.17) is 15.8 Å². The van der Waals surface area contributed by atoms with Crippen molar-refractivity contribution >= 4 is 0 Å². The molecule has 12 heavy (non-hydrogen) atoms. The molecule has 0 N–H and O–H groups in total. The Morgan fingerprint density at radius 3 is 2.67 bits per heavy atom. The number of azide groups is 2. The van der Waals surface area contributed by atoms with Crippen molar-refractivity contribution in [3.8, 4) is 0 Å². The summed E-state index contributed by atoms with van der Waals surface area (Å²) in [5, 5.41) is 6.85. The van der Waals surface area contributed by atoms with Gasteiger partial charge in [0.1, 0.15) is 6.23 Å². The average molecular weight is 168 g/mol. The fourth-order valence-corrected chi connectivity index (χ4v) is 1.09. The summed E-state index contributed by atoms with van der Waals surface area (Å²) in [5.74, 6) is 0. The summed E-state index contributed by atoms with van der Waals surface area (Å²) in [7, 11) is 0. The van der Waals surface area contributed by atoms with Gasteiger partial charge in [-0.3, -0.25) is 0 Å². The molecule has 0 aromatic heterocycles. The Balaban J connectivity index is 2.65. The van der Waals surface area contributed by atoms with Crippen LogP contribution in [-0.2, 0) is 4.74 Å². The lowest BCUT2D eigenvalue weighted by Gasteiger charge is -2.24. The highest BCUT2D eigenvalue weighted by molar-refractivity contribution is 4.79. The minimum absolute atomic E-state index is 0.348. The van der Waals surface area contributed by atoms with Crippen LogP contribution in [-0.4, -0.2) is 18.9 Å². The Morgan fingerprint density at radius 2 is 2.00 bits per heavy atom. The number of nitrogens with zero attached hydrogens (tertiary/aromatic N) is 6. The standard InChI is InChI=1S/C5H8N6O/c6-10-8-4-2-1-3-12-5(4)9-11-7/h4-5H,1-3H2/t4-,5-/m0/s1. The molecule has 0 spiro atoms. The van der Waals surface area contributed by atoms with Crippen LogP contribution in [0.1, 0.15) is 12.8 Å². The monoisotopic (exact) mass is 168 g/mol. The summed E-state index contributed by atoms with van der Waals surface area (Å²) in [6.07, 6.45) is 0.925. The molecule has 1 fully saturated rings. The van der Waals surface area contributed by atoms with E-state index in [0.29, 0.717) is 13.0 Å². The van der Waals surface area contributed by atoms with Gasteiger partial charge in [0.25, 0.3) is 0 Å². The van der Waals surface area contributed by atoms with Crippen molar-refractivity contribution in [3.63, 3.8) is 0 Å². The van der Waals surface area contributed by atoms with E-state index < -0.39 is 6.23 Å². The van der Waals surface area contributed by atoms with Crippen LogP contribution in [0.5, 0.6) is 0 Å². The van der Waals surface area contributed by atoms with Crippen molar-refractivity contribution in [2.75, 3.05) is 6.61 Å². The fraction of sp³-hybridized carbons (Fsp3) is 1.00. The van der Waals surface area contributed by atoms with Gasteiger partial charge in [0.2, 0.25) is 0 Å². The van der Waals surface area contributed by atoms with Crippen LogP contribution < -0.4 is 0 Å². The van der Waals surface area contributed by atoms with Crippen molar-refractivity contribution in [2.45, 2.75) is 25.1 Å². The molecule has 1 saturated heterocycles. The van der Waals surface area contributed by atoms with Gasteiger partial charge < -0.3 is 4.74 Å². The molecule has 1 aliphatic rings. The minimum atomic E-state index is -0.625. The van der Waals surface area contributed by atoms with E-state index in [2.05, 4.69) is 20.1 Å². The molecule has 2 atom stereocenters. The van der Waals surface area contributed by atoms with Gasteiger partial charge in [0, 0.05) is 16.4 Å². The summed E-state index contributed by atoms with van der Waals surface area (Å²) >= 11 is 0.